The molecule has 2 rings (SSSR count). The predicted molar refractivity (Wildman–Crippen MR) is 118 cm³/mol. The van der Waals surface area contributed by atoms with Gasteiger partial charge in [-0.2, -0.15) is 0 Å². The second kappa shape index (κ2) is 12.9. The number of amides is 1. The van der Waals surface area contributed by atoms with E-state index in [1.165, 1.54) is 5.56 Å². The van der Waals surface area contributed by atoms with Crippen molar-refractivity contribution in [2.45, 2.75) is 39.8 Å². The molecule has 0 fully saturated rings. The first-order valence-corrected chi connectivity index (χ1v) is 10.8. The molecule has 0 aliphatic heterocycles. The fourth-order valence-electron chi connectivity index (χ4n) is 3.39. The highest BCUT2D eigenvalue weighted by molar-refractivity contribution is 5.78. The number of rotatable bonds is 13. The summed E-state index contributed by atoms with van der Waals surface area (Å²) in [7, 11) is 1.61. The van der Waals surface area contributed by atoms with Gasteiger partial charge in [0.2, 0.25) is 0 Å². The number of quaternary nitrogens is 1. The van der Waals surface area contributed by atoms with Crippen molar-refractivity contribution in [2.24, 2.45) is 0 Å². The van der Waals surface area contributed by atoms with Crippen LogP contribution in [0.15, 0.2) is 46.9 Å². The van der Waals surface area contributed by atoms with Crippen molar-refractivity contribution in [2.75, 3.05) is 40.0 Å². The largest absolute Gasteiger partial charge is 0.464 e. The number of hydrogen-bond donors (Lipinski definition) is 1. The number of nitrogens with one attached hydrogen (secondary N) is 1. The van der Waals surface area contributed by atoms with Gasteiger partial charge in [-0.1, -0.05) is 30.3 Å². The van der Waals surface area contributed by atoms with Crippen LogP contribution in [0, 0.1) is 6.92 Å². The minimum Gasteiger partial charge on any atom is -0.464 e. The standard InChI is InChI=1S/C24H34N2O5/c1-5-30-24(28)20(3)25(15-16-29-4)18-23(27)26(17-22-12-11-19(2)31-22)14-13-21-9-7-6-8-10-21/h6-12,20H,5,13-18H2,1-4H3/p+1/t20-/m0/s1. The zero-order valence-electron chi connectivity index (χ0n) is 19.1. The molecular formula is C24H35N2O5+. The molecule has 1 amide bonds. The highest BCUT2D eigenvalue weighted by atomic mass is 16.5. The fourth-order valence-corrected chi connectivity index (χ4v) is 3.39. The van der Waals surface area contributed by atoms with Crippen LogP contribution in [0.25, 0.3) is 0 Å². The van der Waals surface area contributed by atoms with Crippen molar-refractivity contribution >= 4 is 11.9 Å². The number of carbonyl (C=O) groups is 2. The molecule has 0 saturated carbocycles. The Hall–Kier alpha value is -2.64. The summed E-state index contributed by atoms with van der Waals surface area (Å²) >= 11 is 0. The van der Waals surface area contributed by atoms with Gasteiger partial charge < -0.3 is 23.7 Å². The SMILES string of the molecule is CCOC(=O)[C@H](C)[NH+](CCOC)CC(=O)N(CCc1ccccc1)Cc1ccc(C)o1. The van der Waals surface area contributed by atoms with Gasteiger partial charge in [0.15, 0.2) is 12.6 Å². The Balaban J connectivity index is 2.12. The van der Waals surface area contributed by atoms with E-state index >= 15 is 0 Å². The molecule has 1 heterocycles. The molecule has 0 radical (unpaired) electrons. The normalized spacial score (nSPS) is 12.9. The first-order valence-electron chi connectivity index (χ1n) is 10.8. The summed E-state index contributed by atoms with van der Waals surface area (Å²) in [6.07, 6.45) is 0.743. The summed E-state index contributed by atoms with van der Waals surface area (Å²) in [5.41, 5.74) is 1.17. The smallest absolute Gasteiger partial charge is 0.364 e. The third-order valence-corrected chi connectivity index (χ3v) is 5.27. The van der Waals surface area contributed by atoms with Crippen molar-refractivity contribution in [3.8, 4) is 0 Å². The molecule has 0 aliphatic rings. The van der Waals surface area contributed by atoms with Gasteiger partial charge in [-0.05, 0) is 44.9 Å². The van der Waals surface area contributed by atoms with Crippen LogP contribution in [-0.4, -0.2) is 62.8 Å². The van der Waals surface area contributed by atoms with Gasteiger partial charge in [0.25, 0.3) is 5.91 Å². The van der Waals surface area contributed by atoms with Crippen LogP contribution in [-0.2, 0) is 32.0 Å². The summed E-state index contributed by atoms with van der Waals surface area (Å²) in [6, 6.07) is 13.4. The third kappa shape index (κ3) is 8.19. The number of methoxy groups -OCH3 is 1. The number of aryl methyl sites for hydroxylation is 1. The van der Waals surface area contributed by atoms with E-state index in [2.05, 4.69) is 12.1 Å². The Morgan fingerprint density at radius 2 is 1.90 bits per heavy atom. The second-order valence-electron chi connectivity index (χ2n) is 7.61. The monoisotopic (exact) mass is 431 g/mol. The quantitative estimate of drug-likeness (QED) is 0.488. The van der Waals surface area contributed by atoms with Crippen LogP contribution in [0.4, 0.5) is 0 Å². The van der Waals surface area contributed by atoms with Crippen molar-refractivity contribution in [3.05, 3.63) is 59.5 Å². The van der Waals surface area contributed by atoms with E-state index in [9.17, 15) is 9.59 Å². The fraction of sp³-hybridized carbons (Fsp3) is 0.500. The maximum Gasteiger partial charge on any atom is 0.364 e. The summed E-state index contributed by atoms with van der Waals surface area (Å²) in [5.74, 6) is 1.22. The maximum atomic E-state index is 13.3. The van der Waals surface area contributed by atoms with Gasteiger partial charge in [0.05, 0.1) is 19.8 Å². The number of ether oxygens (including phenoxy) is 2. The topological polar surface area (TPSA) is 73.4 Å². The minimum absolute atomic E-state index is 0.0350. The lowest BCUT2D eigenvalue weighted by Crippen LogP contribution is -3.18. The van der Waals surface area contributed by atoms with Crippen LogP contribution in [0.3, 0.4) is 0 Å². The average molecular weight is 432 g/mol. The molecule has 1 aromatic heterocycles. The average Bonchev–Trinajstić information content (AvgIpc) is 3.18. The van der Waals surface area contributed by atoms with Gasteiger partial charge in [-0.25, -0.2) is 4.79 Å². The predicted octanol–water partition coefficient (Wildman–Crippen LogP) is 1.64. The van der Waals surface area contributed by atoms with Gasteiger partial charge >= 0.3 is 5.97 Å². The Morgan fingerprint density at radius 3 is 2.52 bits per heavy atom. The number of carbonyl (C=O) groups excluding carboxylic acids is 2. The van der Waals surface area contributed by atoms with Crippen LogP contribution >= 0.6 is 0 Å². The van der Waals surface area contributed by atoms with Gasteiger partial charge in [-0.15, -0.1) is 0 Å². The number of benzene rings is 1. The molecule has 2 atom stereocenters. The Bertz CT molecular complexity index is 805. The molecule has 7 heteroatoms. The highest BCUT2D eigenvalue weighted by Crippen LogP contribution is 2.11. The molecular weight excluding hydrogens is 396 g/mol. The first kappa shape index (κ1) is 24.6. The van der Waals surface area contributed by atoms with Crippen LogP contribution in [0.1, 0.15) is 30.9 Å². The van der Waals surface area contributed by atoms with Crippen molar-refractivity contribution in [1.29, 1.82) is 0 Å². The van der Waals surface area contributed by atoms with Crippen molar-refractivity contribution in [1.82, 2.24) is 4.90 Å². The van der Waals surface area contributed by atoms with E-state index in [0.29, 0.717) is 32.8 Å². The highest BCUT2D eigenvalue weighted by Gasteiger charge is 2.30. The molecule has 1 aromatic carbocycles. The molecule has 1 unspecified atom stereocenters. The Kier molecular flexibility index (Phi) is 10.3. The summed E-state index contributed by atoms with van der Waals surface area (Å²) < 4.78 is 16.1. The number of hydrogen-bond acceptors (Lipinski definition) is 5. The molecule has 0 bridgehead atoms. The Morgan fingerprint density at radius 1 is 1.16 bits per heavy atom. The molecule has 170 valence electrons. The molecule has 0 spiro atoms. The molecule has 1 N–H and O–H groups in total. The van der Waals surface area contributed by atoms with Gasteiger partial charge in [0.1, 0.15) is 18.1 Å². The molecule has 2 aromatic rings. The summed E-state index contributed by atoms with van der Waals surface area (Å²) in [5, 5.41) is 0. The summed E-state index contributed by atoms with van der Waals surface area (Å²) in [4.78, 5) is 28.2. The molecule has 31 heavy (non-hydrogen) atoms. The van der Waals surface area contributed by atoms with E-state index in [-0.39, 0.29) is 18.4 Å². The Labute approximate surface area is 184 Å². The van der Waals surface area contributed by atoms with E-state index in [1.54, 1.807) is 25.9 Å². The van der Waals surface area contributed by atoms with Crippen molar-refractivity contribution < 1.29 is 28.4 Å². The first-order chi connectivity index (χ1) is 14.9. The number of nitrogens with zero attached hydrogens (tertiary/aromatic N) is 1. The zero-order valence-corrected chi connectivity index (χ0v) is 19.1. The van der Waals surface area contributed by atoms with Crippen molar-refractivity contribution in [3.63, 3.8) is 0 Å². The zero-order chi connectivity index (χ0) is 22.6. The second-order valence-corrected chi connectivity index (χ2v) is 7.61. The molecule has 0 saturated heterocycles. The summed E-state index contributed by atoms with van der Waals surface area (Å²) in [6.45, 7) is 7.90. The lowest BCUT2D eigenvalue weighted by molar-refractivity contribution is -0.907. The minimum atomic E-state index is -0.458. The van der Waals surface area contributed by atoms with E-state index in [0.717, 1.165) is 22.8 Å². The van der Waals surface area contributed by atoms with Gasteiger partial charge in [0, 0.05) is 13.7 Å². The maximum absolute atomic E-state index is 13.3. The van der Waals surface area contributed by atoms with E-state index in [1.807, 2.05) is 37.3 Å². The molecule has 0 aliphatic carbocycles. The van der Waals surface area contributed by atoms with Gasteiger partial charge in [-0.3, -0.25) is 4.79 Å². The lowest BCUT2D eigenvalue weighted by Gasteiger charge is -2.27. The van der Waals surface area contributed by atoms with Crippen LogP contribution < -0.4 is 4.90 Å². The van der Waals surface area contributed by atoms with Crippen LogP contribution in [0.2, 0.25) is 0 Å². The van der Waals surface area contributed by atoms with E-state index < -0.39 is 6.04 Å². The van der Waals surface area contributed by atoms with E-state index in [4.69, 9.17) is 13.9 Å². The third-order valence-electron chi connectivity index (χ3n) is 5.27. The lowest BCUT2D eigenvalue weighted by atomic mass is 10.1. The number of esters is 1. The molecule has 7 nitrogen and oxygen atoms in total. The number of furan rings is 1. The van der Waals surface area contributed by atoms with Crippen LogP contribution in [0.5, 0.6) is 0 Å².